The van der Waals surface area contributed by atoms with E-state index in [-0.39, 0.29) is 28.0 Å². The molecule has 2 fully saturated rings. The first-order chi connectivity index (χ1) is 13.6. The van der Waals surface area contributed by atoms with Gasteiger partial charge in [-0.05, 0) is 50.0 Å². The molecule has 0 saturated heterocycles. The average molecular weight is 433 g/mol. The standard InChI is InChI=1S/C21H28N4O2S2/c1-11-12(2)29-17-16(11)18(27)25(6)19(22-17)28-10-15(26)24-23-14-9-13-7-8-21(14,5)20(13,3)4/h13H,7-10H2,1-6H3,(H,24,26)/b23-14+. The minimum Gasteiger partial charge on any atom is -0.290 e. The van der Waals surface area contributed by atoms with Gasteiger partial charge >= 0.3 is 0 Å². The maximum absolute atomic E-state index is 12.7. The average Bonchev–Trinajstić information content (AvgIpc) is 3.15. The molecule has 2 unspecified atom stereocenters. The Morgan fingerprint density at radius 2 is 2.10 bits per heavy atom. The Labute approximate surface area is 179 Å². The van der Waals surface area contributed by atoms with E-state index in [1.807, 2.05) is 13.8 Å². The number of fused-ring (bicyclic) bond motifs is 3. The van der Waals surface area contributed by atoms with Crippen LogP contribution in [0.15, 0.2) is 15.1 Å². The Morgan fingerprint density at radius 3 is 2.72 bits per heavy atom. The van der Waals surface area contributed by atoms with Crippen molar-refractivity contribution in [3.05, 3.63) is 20.8 Å². The van der Waals surface area contributed by atoms with Gasteiger partial charge in [0.05, 0.1) is 11.1 Å². The number of hydrogen-bond donors (Lipinski definition) is 1. The van der Waals surface area contributed by atoms with Crippen molar-refractivity contribution in [3.63, 3.8) is 0 Å². The zero-order valence-electron chi connectivity index (χ0n) is 17.9. The molecule has 2 bridgehead atoms. The van der Waals surface area contributed by atoms with E-state index in [1.54, 1.807) is 7.05 Å². The lowest BCUT2D eigenvalue weighted by atomic mass is 9.70. The first kappa shape index (κ1) is 20.6. The minimum absolute atomic E-state index is 0.0582. The third-order valence-electron chi connectivity index (χ3n) is 7.53. The van der Waals surface area contributed by atoms with Gasteiger partial charge in [0.1, 0.15) is 4.83 Å². The van der Waals surface area contributed by atoms with E-state index in [4.69, 9.17) is 0 Å². The van der Waals surface area contributed by atoms with Crippen molar-refractivity contribution in [1.82, 2.24) is 15.0 Å². The molecule has 1 N–H and O–H groups in total. The van der Waals surface area contributed by atoms with Crippen molar-refractivity contribution in [2.75, 3.05) is 5.75 Å². The number of thiophene rings is 1. The third-order valence-corrected chi connectivity index (χ3v) is 9.66. The number of rotatable bonds is 4. The number of hydrazone groups is 1. The maximum atomic E-state index is 12.7. The normalized spacial score (nSPS) is 26.6. The van der Waals surface area contributed by atoms with Crippen molar-refractivity contribution in [2.24, 2.45) is 28.9 Å². The Kier molecular flexibility index (Phi) is 4.93. The van der Waals surface area contributed by atoms with Gasteiger partial charge < -0.3 is 0 Å². The Hall–Kier alpha value is -1.67. The molecule has 2 aromatic heterocycles. The topological polar surface area (TPSA) is 76.3 Å². The molecule has 29 heavy (non-hydrogen) atoms. The van der Waals surface area contributed by atoms with E-state index in [0.29, 0.717) is 16.5 Å². The molecule has 2 aliphatic rings. The summed E-state index contributed by atoms with van der Waals surface area (Å²) in [7, 11) is 1.71. The van der Waals surface area contributed by atoms with Crippen LogP contribution in [0.4, 0.5) is 0 Å². The van der Waals surface area contributed by atoms with Crippen LogP contribution in [-0.2, 0) is 11.8 Å². The second-order valence-electron chi connectivity index (χ2n) is 9.10. The van der Waals surface area contributed by atoms with E-state index in [0.717, 1.165) is 33.8 Å². The lowest BCUT2D eigenvalue weighted by Gasteiger charge is -2.34. The largest absolute Gasteiger partial charge is 0.290 e. The summed E-state index contributed by atoms with van der Waals surface area (Å²) in [4.78, 5) is 31.6. The predicted octanol–water partition coefficient (Wildman–Crippen LogP) is 4.02. The zero-order chi connectivity index (χ0) is 21.1. The molecular formula is C21H28N4O2S2. The summed E-state index contributed by atoms with van der Waals surface area (Å²) in [5, 5.41) is 5.75. The number of hydrogen-bond acceptors (Lipinski definition) is 6. The third kappa shape index (κ3) is 3.06. The second-order valence-corrected chi connectivity index (χ2v) is 11.2. The van der Waals surface area contributed by atoms with Crippen LogP contribution < -0.4 is 11.0 Å². The number of aromatic nitrogens is 2. The van der Waals surface area contributed by atoms with Crippen LogP contribution in [0.25, 0.3) is 10.2 Å². The van der Waals surface area contributed by atoms with Crippen molar-refractivity contribution in [3.8, 4) is 0 Å². The van der Waals surface area contributed by atoms with Gasteiger partial charge in [-0.15, -0.1) is 11.3 Å². The van der Waals surface area contributed by atoms with Gasteiger partial charge in [-0.3, -0.25) is 14.2 Å². The highest BCUT2D eigenvalue weighted by atomic mass is 32.2. The molecule has 1 amide bonds. The van der Waals surface area contributed by atoms with Gasteiger partial charge in [-0.1, -0.05) is 32.5 Å². The molecule has 2 aromatic rings. The van der Waals surface area contributed by atoms with Gasteiger partial charge in [0.25, 0.3) is 11.5 Å². The lowest BCUT2D eigenvalue weighted by molar-refractivity contribution is -0.118. The van der Waals surface area contributed by atoms with Crippen molar-refractivity contribution in [2.45, 2.75) is 59.0 Å². The molecule has 0 aromatic carbocycles. The fourth-order valence-corrected chi connectivity index (χ4v) is 6.71. The number of nitrogens with one attached hydrogen (secondary N) is 1. The SMILES string of the molecule is Cc1sc2nc(SCC(=O)N/N=C3\CC4CCC3(C)C4(C)C)n(C)c(=O)c2c1C. The molecule has 0 aliphatic heterocycles. The highest BCUT2D eigenvalue weighted by molar-refractivity contribution is 7.99. The van der Waals surface area contributed by atoms with Crippen LogP contribution in [0.2, 0.25) is 0 Å². The molecule has 2 saturated carbocycles. The van der Waals surface area contributed by atoms with Gasteiger partial charge in [0, 0.05) is 23.1 Å². The summed E-state index contributed by atoms with van der Waals surface area (Å²) in [5.41, 5.74) is 5.10. The Bertz CT molecular complexity index is 1100. The molecular weight excluding hydrogens is 404 g/mol. The molecule has 2 aliphatic carbocycles. The first-order valence-electron chi connectivity index (χ1n) is 10.0. The maximum Gasteiger partial charge on any atom is 0.262 e. The number of carbonyl (C=O) groups excluding carboxylic acids is 1. The molecule has 4 rings (SSSR count). The fourth-order valence-electron chi connectivity index (χ4n) is 4.87. The van der Waals surface area contributed by atoms with E-state index in [9.17, 15) is 9.59 Å². The van der Waals surface area contributed by atoms with Gasteiger partial charge in [0.2, 0.25) is 0 Å². The molecule has 6 nitrogen and oxygen atoms in total. The van der Waals surface area contributed by atoms with E-state index >= 15 is 0 Å². The van der Waals surface area contributed by atoms with Crippen molar-refractivity contribution >= 4 is 44.9 Å². The Morgan fingerprint density at radius 1 is 1.38 bits per heavy atom. The number of aryl methyl sites for hydroxylation is 2. The van der Waals surface area contributed by atoms with Crippen molar-refractivity contribution < 1.29 is 4.79 Å². The number of carbonyl (C=O) groups is 1. The van der Waals surface area contributed by atoms with Crippen LogP contribution in [0, 0.1) is 30.6 Å². The predicted molar refractivity (Wildman–Crippen MR) is 120 cm³/mol. The van der Waals surface area contributed by atoms with E-state index in [1.165, 1.54) is 34.1 Å². The lowest BCUT2D eigenvalue weighted by Crippen LogP contribution is -2.34. The van der Waals surface area contributed by atoms with Crippen LogP contribution in [-0.4, -0.2) is 26.9 Å². The van der Waals surface area contributed by atoms with Crippen LogP contribution in [0.3, 0.4) is 0 Å². The van der Waals surface area contributed by atoms with Crippen LogP contribution in [0.5, 0.6) is 0 Å². The molecule has 8 heteroatoms. The van der Waals surface area contributed by atoms with E-state index in [2.05, 4.69) is 36.3 Å². The molecule has 2 heterocycles. The molecule has 0 radical (unpaired) electrons. The smallest absolute Gasteiger partial charge is 0.262 e. The minimum atomic E-state index is -0.167. The van der Waals surface area contributed by atoms with Crippen LogP contribution in [0.1, 0.15) is 50.5 Å². The summed E-state index contributed by atoms with van der Waals surface area (Å²) in [6, 6.07) is 0. The Balaban J connectivity index is 1.46. The van der Waals surface area contributed by atoms with Gasteiger partial charge in [0.15, 0.2) is 5.16 Å². The van der Waals surface area contributed by atoms with Gasteiger partial charge in [-0.2, -0.15) is 5.10 Å². The molecule has 2 atom stereocenters. The number of nitrogens with zero attached hydrogens (tertiary/aromatic N) is 3. The molecule has 156 valence electrons. The van der Waals surface area contributed by atoms with Crippen LogP contribution >= 0.6 is 23.1 Å². The molecule has 0 spiro atoms. The van der Waals surface area contributed by atoms with Crippen molar-refractivity contribution in [1.29, 1.82) is 0 Å². The first-order valence-corrected chi connectivity index (χ1v) is 11.8. The highest BCUT2D eigenvalue weighted by Gasteiger charge is 2.60. The van der Waals surface area contributed by atoms with Gasteiger partial charge in [-0.25, -0.2) is 10.4 Å². The number of thioether (sulfide) groups is 1. The van der Waals surface area contributed by atoms with E-state index < -0.39 is 0 Å². The zero-order valence-corrected chi connectivity index (χ0v) is 19.5. The fraction of sp³-hybridized carbons (Fsp3) is 0.619. The highest BCUT2D eigenvalue weighted by Crippen LogP contribution is 2.63. The summed E-state index contributed by atoms with van der Waals surface area (Å²) >= 11 is 2.80. The summed E-state index contributed by atoms with van der Waals surface area (Å²) < 4.78 is 1.53. The monoisotopic (exact) mass is 432 g/mol. The number of amides is 1. The second kappa shape index (κ2) is 6.94. The summed E-state index contributed by atoms with van der Waals surface area (Å²) in [6.45, 7) is 10.9. The quantitative estimate of drug-likeness (QED) is 0.450. The summed E-state index contributed by atoms with van der Waals surface area (Å²) in [6.07, 6.45) is 3.36. The summed E-state index contributed by atoms with van der Waals surface area (Å²) in [5.74, 6) is 0.662.